The fraction of sp³-hybridized carbons (Fsp3) is 0.787. The Morgan fingerprint density at radius 1 is 0.624 bits per heavy atom. The van der Waals surface area contributed by atoms with Gasteiger partial charge in [-0.25, -0.2) is 0 Å². The summed E-state index contributed by atoms with van der Waals surface area (Å²) in [5, 5.41) is 49.6. The predicted molar refractivity (Wildman–Crippen MR) is 325 cm³/mol. The third-order valence-corrected chi connectivity index (χ3v) is 14.9. The van der Waals surface area contributed by atoms with Gasteiger partial charge in [-0.1, -0.05) is 88.7 Å². The molecule has 24 heteroatoms. The van der Waals surface area contributed by atoms with Crippen LogP contribution in [0.1, 0.15) is 182 Å². The highest BCUT2D eigenvalue weighted by Gasteiger charge is 2.43. The number of allylic oxidation sites excluding steroid dienone is 1. The molecule has 1 aliphatic rings. The predicted octanol–water partition coefficient (Wildman–Crippen LogP) is 1.94. The largest absolute Gasteiger partial charge is 0.393 e. The molecule has 0 saturated carbocycles. The number of likely N-dealkylation sites (tertiary alicyclic amines) is 1. The summed E-state index contributed by atoms with van der Waals surface area (Å²) in [5.74, 6) is -8.27. The molecule has 11 atom stereocenters. The number of ketones is 1. The fourth-order valence-corrected chi connectivity index (χ4v) is 9.54. The van der Waals surface area contributed by atoms with Crippen LogP contribution < -0.4 is 53.2 Å². The Morgan fingerprint density at radius 3 is 1.69 bits per heavy atom. The van der Waals surface area contributed by atoms with Crippen LogP contribution in [0.2, 0.25) is 0 Å². The molecule has 0 aromatic rings. The van der Waals surface area contributed by atoms with Gasteiger partial charge in [0, 0.05) is 44.9 Å². The summed E-state index contributed by atoms with van der Waals surface area (Å²) in [6.07, 6.45) is 2.06. The minimum absolute atomic E-state index is 0.00469. The number of nitrogens with one attached hydrogen (secondary N) is 10. The lowest BCUT2D eigenvalue weighted by molar-refractivity contribution is -0.140. The Labute approximate surface area is 506 Å². The van der Waals surface area contributed by atoms with Crippen LogP contribution >= 0.6 is 0 Å². The van der Waals surface area contributed by atoms with Crippen molar-refractivity contribution in [3.05, 3.63) is 12.2 Å². The van der Waals surface area contributed by atoms with Gasteiger partial charge < -0.3 is 68.3 Å². The van der Waals surface area contributed by atoms with E-state index in [9.17, 15) is 63.0 Å². The second-order valence-electron chi connectivity index (χ2n) is 26.4. The van der Waals surface area contributed by atoms with Crippen LogP contribution in [-0.4, -0.2) is 172 Å². The SMILES string of the molecule is CCC(=O)C[C@@H](O)C[C@@H](C)C[C@@H](NC(=O)[C@@H]1C[C@H](C)CN1C(=O)C=C[C@H](C)CC)C(=O)N[C@H](C(=O)NC(C)(C)C(=O)N[C@@H](CC(C)C)C(=O)N[C@@H](CC(C)C)C(=O)NC(C)(C)C(=O)NC(C)(C)C(=O)NCCC(=O)N[C@@H](C)CNC)[C@H](O)C(C)C. The van der Waals surface area contributed by atoms with E-state index < -0.39 is 118 Å². The highest BCUT2D eigenvalue weighted by atomic mass is 16.3. The first-order valence-electron chi connectivity index (χ1n) is 30.5. The molecule has 1 saturated heterocycles. The maximum atomic E-state index is 14.5. The van der Waals surface area contributed by atoms with E-state index in [1.807, 2.05) is 55.4 Å². The van der Waals surface area contributed by atoms with E-state index in [4.69, 9.17) is 0 Å². The van der Waals surface area contributed by atoms with Crippen LogP contribution in [0.15, 0.2) is 12.2 Å². The van der Waals surface area contributed by atoms with E-state index in [1.165, 1.54) is 52.5 Å². The Morgan fingerprint density at radius 2 is 1.15 bits per heavy atom. The van der Waals surface area contributed by atoms with Crippen LogP contribution in [0.5, 0.6) is 0 Å². The minimum Gasteiger partial charge on any atom is -0.393 e. The molecular formula is C61H109N11O13. The number of likely N-dealkylation sites (N-methyl/N-ethyl adjacent to an activating group) is 1. The summed E-state index contributed by atoms with van der Waals surface area (Å²) in [4.78, 5) is 152. The third kappa shape index (κ3) is 27.1. The second kappa shape index (κ2) is 35.6. The second-order valence-corrected chi connectivity index (χ2v) is 26.4. The zero-order valence-electron chi connectivity index (χ0n) is 54.6. The number of hydrogen-bond donors (Lipinski definition) is 12. The molecule has 85 heavy (non-hydrogen) atoms. The molecule has 0 aromatic heterocycles. The third-order valence-electron chi connectivity index (χ3n) is 14.9. The van der Waals surface area contributed by atoms with Gasteiger partial charge in [-0.3, -0.25) is 52.7 Å². The summed E-state index contributed by atoms with van der Waals surface area (Å²) >= 11 is 0. The zero-order valence-corrected chi connectivity index (χ0v) is 54.6. The molecule has 0 bridgehead atoms. The van der Waals surface area contributed by atoms with Gasteiger partial charge in [0.05, 0.1) is 12.2 Å². The van der Waals surface area contributed by atoms with Crippen molar-refractivity contribution in [3.63, 3.8) is 0 Å². The van der Waals surface area contributed by atoms with Crippen molar-refractivity contribution >= 4 is 64.9 Å². The van der Waals surface area contributed by atoms with Gasteiger partial charge in [0.15, 0.2) is 0 Å². The van der Waals surface area contributed by atoms with Gasteiger partial charge in [-0.15, -0.1) is 0 Å². The summed E-state index contributed by atoms with van der Waals surface area (Å²) in [6.45, 7) is 31.0. The topological polar surface area (TPSA) is 352 Å². The Balaban J connectivity index is 3.45. The standard InChI is InChI=1S/C61H109N11O13/c1-20-37(9)22-23-48(76)72-33-39(11)30-46(72)54(81)66-45(29-38(10)28-42(74)31-41(73)21-2)52(79)68-49(50(77)36(7)8)55(82)70-60(15,16)57(84)67-43(26-34(3)4)51(78)65-44(27-35(5)6)53(80)69-61(17,18)58(85)71-59(13,14)56(83)63-25-24-47(75)64-40(12)32-62-19/h22-23,34-40,42-46,49-50,62,74,77H,20-21,24-33H2,1-19H3,(H,63,83)(H,64,75)(H,65,78)(H,66,81)(H,67,84)(H,68,79)(H,69,80)(H,70,82)(H,71,85)/t37-,38-,39+,40+,42+,43+,44+,45-,46+,49+,50-/m1/s1. The smallest absolute Gasteiger partial charge is 0.246 e. The molecule has 1 aliphatic heterocycles. The van der Waals surface area contributed by atoms with E-state index in [2.05, 4.69) is 53.2 Å². The lowest BCUT2D eigenvalue weighted by Crippen LogP contribution is -2.66. The van der Waals surface area contributed by atoms with Crippen LogP contribution in [0.4, 0.5) is 0 Å². The van der Waals surface area contributed by atoms with Crippen molar-refractivity contribution in [1.29, 1.82) is 0 Å². The number of hydrogen-bond acceptors (Lipinski definition) is 14. The van der Waals surface area contributed by atoms with Crippen LogP contribution in [0.3, 0.4) is 0 Å². The molecular weight excluding hydrogens is 1090 g/mol. The zero-order chi connectivity index (χ0) is 65.5. The quantitative estimate of drug-likeness (QED) is 0.0396. The first-order valence-corrected chi connectivity index (χ1v) is 30.5. The molecule has 1 heterocycles. The fourth-order valence-electron chi connectivity index (χ4n) is 9.54. The van der Waals surface area contributed by atoms with Gasteiger partial charge in [0.25, 0.3) is 0 Å². The normalized spacial score (nSPS) is 18.0. The Hall–Kier alpha value is -6.01. The van der Waals surface area contributed by atoms with E-state index in [-0.39, 0.29) is 98.8 Å². The lowest BCUT2D eigenvalue weighted by Gasteiger charge is -2.34. The molecule has 486 valence electrons. The molecule has 0 aliphatic carbocycles. The van der Waals surface area contributed by atoms with Gasteiger partial charge in [-0.05, 0) is 129 Å². The summed E-state index contributed by atoms with van der Waals surface area (Å²) in [6, 6.07) is -6.63. The summed E-state index contributed by atoms with van der Waals surface area (Å²) < 4.78 is 0. The van der Waals surface area contributed by atoms with Crippen molar-refractivity contribution < 1.29 is 63.0 Å². The molecule has 1 rings (SSSR count). The number of carbonyl (C=O) groups is 11. The highest BCUT2D eigenvalue weighted by Crippen LogP contribution is 2.25. The number of rotatable bonds is 37. The van der Waals surface area contributed by atoms with Crippen LogP contribution in [0, 0.1) is 35.5 Å². The number of aliphatic hydroxyl groups excluding tert-OH is 2. The van der Waals surface area contributed by atoms with E-state index >= 15 is 0 Å². The van der Waals surface area contributed by atoms with Crippen molar-refractivity contribution in [1.82, 2.24) is 58.1 Å². The summed E-state index contributed by atoms with van der Waals surface area (Å²) in [7, 11) is 1.76. The monoisotopic (exact) mass is 1200 g/mol. The number of aliphatic hydroxyl groups is 2. The average Bonchev–Trinajstić information content (AvgIpc) is 3.97. The molecule has 24 nitrogen and oxygen atoms in total. The van der Waals surface area contributed by atoms with Crippen molar-refractivity contribution in [3.8, 4) is 0 Å². The number of amides is 10. The number of nitrogens with zero attached hydrogens (tertiary/aromatic N) is 1. The van der Waals surface area contributed by atoms with Crippen LogP contribution in [-0.2, 0) is 52.7 Å². The average molecular weight is 1200 g/mol. The lowest BCUT2D eigenvalue weighted by atomic mass is 9.92. The number of carbonyl (C=O) groups excluding carboxylic acids is 11. The van der Waals surface area contributed by atoms with Crippen molar-refractivity contribution in [2.24, 2.45) is 35.5 Å². The first-order chi connectivity index (χ1) is 39.2. The molecule has 12 N–H and O–H groups in total. The van der Waals surface area contributed by atoms with Gasteiger partial charge >= 0.3 is 0 Å². The summed E-state index contributed by atoms with van der Waals surface area (Å²) in [5.41, 5.74) is -4.92. The molecule has 0 spiro atoms. The molecule has 10 amide bonds. The van der Waals surface area contributed by atoms with Gasteiger partial charge in [0.2, 0.25) is 59.1 Å². The van der Waals surface area contributed by atoms with Crippen LogP contribution in [0.25, 0.3) is 0 Å². The minimum atomic E-state index is -1.82. The van der Waals surface area contributed by atoms with Gasteiger partial charge in [0.1, 0.15) is 52.6 Å². The number of Topliss-reactive ketones (excluding diaryl/α,β-unsaturated/α-hetero) is 1. The molecule has 0 radical (unpaired) electrons. The molecule has 0 aromatic carbocycles. The van der Waals surface area contributed by atoms with Gasteiger partial charge in [-0.2, -0.15) is 0 Å². The maximum Gasteiger partial charge on any atom is 0.246 e. The Kier molecular flexibility index (Phi) is 32.2. The highest BCUT2D eigenvalue weighted by molar-refractivity contribution is 6.00. The first kappa shape index (κ1) is 77.0. The van der Waals surface area contributed by atoms with E-state index in [1.54, 1.807) is 40.8 Å². The van der Waals surface area contributed by atoms with Crippen molar-refractivity contribution in [2.75, 3.05) is 26.7 Å². The molecule has 0 unspecified atom stereocenters. The van der Waals surface area contributed by atoms with E-state index in [0.29, 0.717) is 19.5 Å². The maximum absolute atomic E-state index is 14.5. The van der Waals surface area contributed by atoms with Crippen molar-refractivity contribution in [2.45, 2.75) is 247 Å². The van der Waals surface area contributed by atoms with E-state index in [0.717, 1.165) is 6.42 Å². The molecule has 1 fully saturated rings. The Bertz CT molecular complexity index is 2300.